The first kappa shape index (κ1) is 14.4. The normalized spacial score (nSPS) is 15.3. The molecule has 3 heteroatoms. The minimum absolute atomic E-state index is 0.410. The van der Waals surface area contributed by atoms with Crippen molar-refractivity contribution in [2.75, 3.05) is 7.11 Å². The lowest BCUT2D eigenvalue weighted by atomic mass is 9.71. The largest absolute Gasteiger partial charge is 0.469 e. The van der Waals surface area contributed by atoms with E-state index in [2.05, 4.69) is 19.2 Å². The molecule has 0 amide bonds. The SMILES string of the molecule is C=CC[C@](C#N)(CCC)[C@H](C=C)C(=O)OC. The van der Waals surface area contributed by atoms with Crippen molar-refractivity contribution in [1.29, 1.82) is 5.26 Å². The highest BCUT2D eigenvalue weighted by Gasteiger charge is 2.40. The van der Waals surface area contributed by atoms with Gasteiger partial charge in [-0.25, -0.2) is 0 Å². The molecule has 0 heterocycles. The van der Waals surface area contributed by atoms with Crippen LogP contribution >= 0.6 is 0 Å². The molecule has 0 fully saturated rings. The highest BCUT2D eigenvalue weighted by molar-refractivity contribution is 5.76. The summed E-state index contributed by atoms with van der Waals surface area (Å²) in [4.78, 5) is 11.6. The predicted octanol–water partition coefficient (Wildman–Crippen LogP) is 2.85. The van der Waals surface area contributed by atoms with Crippen LogP contribution in [-0.4, -0.2) is 13.1 Å². The monoisotopic (exact) mass is 221 g/mol. The van der Waals surface area contributed by atoms with Crippen LogP contribution in [0, 0.1) is 22.7 Å². The lowest BCUT2D eigenvalue weighted by molar-refractivity contribution is -0.146. The van der Waals surface area contributed by atoms with Crippen molar-refractivity contribution in [2.45, 2.75) is 26.2 Å². The smallest absolute Gasteiger partial charge is 0.314 e. The number of rotatable bonds is 7. The van der Waals surface area contributed by atoms with Crippen LogP contribution in [0.2, 0.25) is 0 Å². The zero-order valence-electron chi connectivity index (χ0n) is 10.0. The Morgan fingerprint density at radius 2 is 2.25 bits per heavy atom. The number of carbonyl (C=O) groups excluding carboxylic acids is 1. The molecule has 0 aromatic heterocycles. The van der Waals surface area contributed by atoms with Gasteiger partial charge in [-0.2, -0.15) is 5.26 Å². The van der Waals surface area contributed by atoms with Crippen molar-refractivity contribution >= 4 is 5.97 Å². The first-order chi connectivity index (χ1) is 7.61. The van der Waals surface area contributed by atoms with Crippen LogP contribution in [0.1, 0.15) is 26.2 Å². The molecule has 3 nitrogen and oxygen atoms in total. The van der Waals surface area contributed by atoms with Crippen LogP contribution in [0.3, 0.4) is 0 Å². The van der Waals surface area contributed by atoms with Crippen LogP contribution in [-0.2, 0) is 9.53 Å². The summed E-state index contributed by atoms with van der Waals surface area (Å²) in [6.45, 7) is 9.24. The van der Waals surface area contributed by atoms with Gasteiger partial charge in [0.25, 0.3) is 0 Å². The number of ether oxygens (including phenoxy) is 1. The summed E-state index contributed by atoms with van der Waals surface area (Å²) in [5.74, 6) is -1.01. The van der Waals surface area contributed by atoms with Crippen LogP contribution in [0.15, 0.2) is 25.3 Å². The molecule has 0 aliphatic rings. The number of nitrogens with zero attached hydrogens (tertiary/aromatic N) is 1. The number of allylic oxidation sites excluding steroid dienone is 1. The highest BCUT2D eigenvalue weighted by atomic mass is 16.5. The molecule has 0 unspecified atom stereocenters. The third-order valence-electron chi connectivity index (χ3n) is 2.71. The van der Waals surface area contributed by atoms with E-state index in [1.807, 2.05) is 6.92 Å². The molecule has 0 spiro atoms. The second-order valence-electron chi connectivity index (χ2n) is 3.75. The van der Waals surface area contributed by atoms with E-state index in [1.165, 1.54) is 13.2 Å². The molecule has 0 aromatic rings. The molecule has 2 atom stereocenters. The van der Waals surface area contributed by atoms with E-state index in [1.54, 1.807) is 6.08 Å². The summed E-state index contributed by atoms with van der Waals surface area (Å²) in [5, 5.41) is 9.33. The first-order valence-corrected chi connectivity index (χ1v) is 5.34. The van der Waals surface area contributed by atoms with E-state index in [0.717, 1.165) is 6.42 Å². The number of methoxy groups -OCH3 is 1. The first-order valence-electron chi connectivity index (χ1n) is 5.34. The van der Waals surface area contributed by atoms with Crippen LogP contribution in [0.5, 0.6) is 0 Å². The van der Waals surface area contributed by atoms with Gasteiger partial charge in [0.1, 0.15) is 0 Å². The Labute approximate surface area is 97.4 Å². The molecular weight excluding hydrogens is 202 g/mol. The molecule has 0 aliphatic heterocycles. The summed E-state index contributed by atoms with van der Waals surface area (Å²) in [6, 6.07) is 2.24. The predicted molar refractivity (Wildman–Crippen MR) is 63.5 cm³/mol. The lowest BCUT2D eigenvalue weighted by Crippen LogP contribution is -2.34. The summed E-state index contributed by atoms with van der Waals surface area (Å²) in [7, 11) is 1.32. The van der Waals surface area contributed by atoms with E-state index in [9.17, 15) is 10.1 Å². The summed E-state index contributed by atoms with van der Waals surface area (Å²) >= 11 is 0. The van der Waals surface area contributed by atoms with Crippen molar-refractivity contribution in [2.24, 2.45) is 11.3 Å². The van der Waals surface area contributed by atoms with Gasteiger partial charge in [-0.15, -0.1) is 13.2 Å². The van der Waals surface area contributed by atoms with Crippen molar-refractivity contribution in [3.8, 4) is 6.07 Å². The van der Waals surface area contributed by atoms with Crippen molar-refractivity contribution in [1.82, 2.24) is 0 Å². The molecule has 0 radical (unpaired) electrons. The Bertz CT molecular complexity index is 304. The standard InChI is InChI=1S/C13H19NO2/c1-5-8-13(10-14,9-6-2)11(7-3)12(15)16-4/h5,7,11H,1,3,6,8-9H2,2,4H3/t11-,13-/m1/s1. The van der Waals surface area contributed by atoms with E-state index in [0.29, 0.717) is 12.8 Å². The Morgan fingerprint density at radius 3 is 2.56 bits per heavy atom. The van der Waals surface area contributed by atoms with Gasteiger partial charge in [-0.3, -0.25) is 4.79 Å². The average Bonchev–Trinajstić information content (AvgIpc) is 2.29. The van der Waals surface area contributed by atoms with Gasteiger partial charge in [0.05, 0.1) is 24.5 Å². The Hall–Kier alpha value is -1.56. The Kier molecular flexibility index (Phi) is 6.17. The molecule has 0 aromatic carbocycles. The molecule has 0 aliphatic carbocycles. The number of nitriles is 1. The van der Waals surface area contributed by atoms with Gasteiger partial charge < -0.3 is 4.74 Å². The summed E-state index contributed by atoms with van der Waals surface area (Å²) < 4.78 is 4.71. The number of hydrogen-bond acceptors (Lipinski definition) is 3. The Morgan fingerprint density at radius 1 is 1.62 bits per heavy atom. The second-order valence-corrected chi connectivity index (χ2v) is 3.75. The fourth-order valence-electron chi connectivity index (χ4n) is 1.93. The third-order valence-corrected chi connectivity index (χ3v) is 2.71. The van der Waals surface area contributed by atoms with E-state index in [-0.39, 0.29) is 0 Å². The van der Waals surface area contributed by atoms with Gasteiger partial charge in [0, 0.05) is 0 Å². The van der Waals surface area contributed by atoms with E-state index in [4.69, 9.17) is 4.74 Å². The summed E-state index contributed by atoms with van der Waals surface area (Å²) in [6.07, 6.45) is 5.07. The fourth-order valence-corrected chi connectivity index (χ4v) is 1.93. The quantitative estimate of drug-likeness (QED) is 0.490. The average molecular weight is 221 g/mol. The zero-order chi connectivity index (χ0) is 12.6. The van der Waals surface area contributed by atoms with E-state index < -0.39 is 17.3 Å². The molecule has 16 heavy (non-hydrogen) atoms. The van der Waals surface area contributed by atoms with Gasteiger partial charge in [-0.05, 0) is 12.8 Å². The maximum atomic E-state index is 11.6. The van der Waals surface area contributed by atoms with Crippen molar-refractivity contribution < 1.29 is 9.53 Å². The van der Waals surface area contributed by atoms with Crippen LogP contribution in [0.4, 0.5) is 0 Å². The van der Waals surface area contributed by atoms with Gasteiger partial charge >= 0.3 is 5.97 Å². The summed E-state index contributed by atoms with van der Waals surface area (Å²) in [5.41, 5.74) is -0.772. The minimum atomic E-state index is -0.772. The molecule has 88 valence electrons. The molecule has 0 saturated carbocycles. The molecule has 0 rings (SSSR count). The number of hydrogen-bond donors (Lipinski definition) is 0. The molecule has 0 bridgehead atoms. The maximum Gasteiger partial charge on any atom is 0.314 e. The van der Waals surface area contributed by atoms with Crippen LogP contribution in [0.25, 0.3) is 0 Å². The minimum Gasteiger partial charge on any atom is -0.469 e. The Balaban J connectivity index is 5.25. The second kappa shape index (κ2) is 6.84. The maximum absolute atomic E-state index is 11.6. The highest BCUT2D eigenvalue weighted by Crippen LogP contribution is 2.38. The van der Waals surface area contributed by atoms with Gasteiger partial charge in [-0.1, -0.05) is 25.5 Å². The van der Waals surface area contributed by atoms with Crippen molar-refractivity contribution in [3.63, 3.8) is 0 Å². The fraction of sp³-hybridized carbons (Fsp3) is 0.538. The van der Waals surface area contributed by atoms with Gasteiger partial charge in [0.2, 0.25) is 0 Å². The number of carbonyl (C=O) groups is 1. The third kappa shape index (κ3) is 2.96. The topological polar surface area (TPSA) is 50.1 Å². The van der Waals surface area contributed by atoms with Crippen molar-refractivity contribution in [3.05, 3.63) is 25.3 Å². The molecular formula is C13H19NO2. The zero-order valence-corrected chi connectivity index (χ0v) is 10.0. The van der Waals surface area contributed by atoms with Crippen LogP contribution < -0.4 is 0 Å². The van der Waals surface area contributed by atoms with Gasteiger partial charge in [0.15, 0.2) is 0 Å². The molecule has 0 N–H and O–H groups in total. The molecule has 0 saturated heterocycles. The van der Waals surface area contributed by atoms with E-state index >= 15 is 0 Å². The lowest BCUT2D eigenvalue weighted by Gasteiger charge is -2.30. The number of esters is 1.